The van der Waals surface area contributed by atoms with Crippen LogP contribution < -0.4 is 10.2 Å². The van der Waals surface area contributed by atoms with Crippen molar-refractivity contribution in [1.82, 2.24) is 10.3 Å². The number of nitrogens with zero attached hydrogens (tertiary/aromatic N) is 2. The van der Waals surface area contributed by atoms with Gasteiger partial charge in [0.2, 0.25) is 0 Å². The predicted molar refractivity (Wildman–Crippen MR) is 125 cm³/mol. The smallest absolute Gasteiger partial charge is 0.404 e. The van der Waals surface area contributed by atoms with E-state index in [1.54, 1.807) is 0 Å². The molecule has 2 aliphatic heterocycles. The first-order valence-electron chi connectivity index (χ1n) is 11.5. The van der Waals surface area contributed by atoms with Crippen LogP contribution in [-0.2, 0) is 9.47 Å². The minimum absolute atomic E-state index is 0.0673. The molecule has 0 radical (unpaired) electrons. The maximum atomic E-state index is 11.4. The molecule has 2 aromatic rings. The van der Waals surface area contributed by atoms with Gasteiger partial charge in [-0.15, -0.1) is 0 Å². The van der Waals surface area contributed by atoms with E-state index in [0.717, 1.165) is 48.2 Å². The van der Waals surface area contributed by atoms with Crippen molar-refractivity contribution in [3.63, 3.8) is 0 Å². The van der Waals surface area contributed by atoms with Crippen LogP contribution in [0.2, 0.25) is 0 Å². The number of pyridine rings is 1. The number of fused-ring (bicyclic) bond motifs is 1. The third-order valence-corrected chi connectivity index (χ3v) is 6.62. The van der Waals surface area contributed by atoms with Crippen molar-refractivity contribution in [2.45, 2.75) is 65.4 Å². The third kappa shape index (κ3) is 4.84. The number of amides is 1. The molecule has 2 fully saturated rings. The second-order valence-corrected chi connectivity index (χ2v) is 10.5. The van der Waals surface area contributed by atoms with Crippen LogP contribution in [0.1, 0.15) is 59.3 Å². The van der Waals surface area contributed by atoms with E-state index < -0.39 is 11.9 Å². The standard InChI is InChI=1S/C25H35N3O4/c1-24(2,3)22(27-23(29)30)17-11-13-28(14-12-17)19-8-6-7-16-9-10-18(26-21(16)19)20-15-31-25(4,5)32-20/h6-10,17,20,22,27H,11-15H2,1-5H3,(H,29,30). The third-order valence-electron chi connectivity index (χ3n) is 6.62. The predicted octanol–water partition coefficient (Wildman–Crippen LogP) is 4.96. The van der Waals surface area contributed by atoms with Crippen LogP contribution in [0.25, 0.3) is 10.9 Å². The Kier molecular flexibility index (Phi) is 6.07. The molecule has 2 aliphatic rings. The molecule has 2 N–H and O–H groups in total. The summed E-state index contributed by atoms with van der Waals surface area (Å²) in [5.41, 5.74) is 2.87. The topological polar surface area (TPSA) is 83.9 Å². The molecule has 2 unspecified atom stereocenters. The zero-order valence-electron chi connectivity index (χ0n) is 19.7. The number of hydrogen-bond acceptors (Lipinski definition) is 5. The Morgan fingerprint density at radius 3 is 2.53 bits per heavy atom. The number of benzene rings is 1. The molecule has 7 nitrogen and oxygen atoms in total. The zero-order valence-corrected chi connectivity index (χ0v) is 19.7. The van der Waals surface area contributed by atoms with Gasteiger partial charge < -0.3 is 24.8 Å². The molecular formula is C25H35N3O4. The summed E-state index contributed by atoms with van der Waals surface area (Å²) in [4.78, 5) is 18.7. The molecule has 4 rings (SSSR count). The fourth-order valence-electron chi connectivity index (χ4n) is 5.06. The second kappa shape index (κ2) is 8.52. The summed E-state index contributed by atoms with van der Waals surface area (Å²) >= 11 is 0. The lowest BCUT2D eigenvalue weighted by Gasteiger charge is -2.42. The molecule has 2 atom stereocenters. The lowest BCUT2D eigenvalue weighted by atomic mass is 9.75. The number of anilines is 1. The van der Waals surface area contributed by atoms with Gasteiger partial charge in [-0.05, 0) is 50.2 Å². The summed E-state index contributed by atoms with van der Waals surface area (Å²) < 4.78 is 11.8. The second-order valence-electron chi connectivity index (χ2n) is 10.5. The van der Waals surface area contributed by atoms with Gasteiger partial charge in [-0.25, -0.2) is 9.78 Å². The van der Waals surface area contributed by atoms with Gasteiger partial charge in [0, 0.05) is 24.5 Å². The van der Waals surface area contributed by atoms with Gasteiger partial charge in [-0.3, -0.25) is 0 Å². The maximum absolute atomic E-state index is 11.4. The fraction of sp³-hybridized carbons (Fsp3) is 0.600. The van der Waals surface area contributed by atoms with Crippen molar-refractivity contribution in [2.24, 2.45) is 11.3 Å². The van der Waals surface area contributed by atoms with Crippen LogP contribution in [0.4, 0.5) is 10.5 Å². The van der Waals surface area contributed by atoms with Gasteiger partial charge in [-0.1, -0.05) is 39.0 Å². The monoisotopic (exact) mass is 441 g/mol. The van der Waals surface area contributed by atoms with Gasteiger partial charge in [-0.2, -0.15) is 0 Å². The number of aromatic nitrogens is 1. The summed E-state index contributed by atoms with van der Waals surface area (Å²) in [7, 11) is 0. The van der Waals surface area contributed by atoms with Gasteiger partial charge in [0.25, 0.3) is 0 Å². The normalized spacial score (nSPS) is 22.8. The Bertz CT molecular complexity index is 977. The maximum Gasteiger partial charge on any atom is 0.404 e. The van der Waals surface area contributed by atoms with Crippen molar-refractivity contribution in [3.8, 4) is 0 Å². The number of nitrogens with one attached hydrogen (secondary N) is 1. The van der Waals surface area contributed by atoms with Crippen molar-refractivity contribution in [2.75, 3.05) is 24.6 Å². The minimum Gasteiger partial charge on any atom is -0.465 e. The van der Waals surface area contributed by atoms with E-state index in [4.69, 9.17) is 14.5 Å². The number of piperidine rings is 1. The van der Waals surface area contributed by atoms with E-state index in [2.05, 4.69) is 55.3 Å². The van der Waals surface area contributed by atoms with Crippen LogP contribution in [0.3, 0.4) is 0 Å². The number of carbonyl (C=O) groups is 1. The molecule has 32 heavy (non-hydrogen) atoms. The van der Waals surface area contributed by atoms with Crippen molar-refractivity contribution in [1.29, 1.82) is 0 Å². The summed E-state index contributed by atoms with van der Waals surface area (Å²) in [5.74, 6) is -0.275. The molecule has 3 heterocycles. The minimum atomic E-state index is -0.945. The van der Waals surface area contributed by atoms with E-state index in [9.17, 15) is 9.90 Å². The first-order chi connectivity index (χ1) is 15.0. The van der Waals surface area contributed by atoms with E-state index in [-0.39, 0.29) is 17.6 Å². The molecule has 1 amide bonds. The Morgan fingerprint density at radius 2 is 1.94 bits per heavy atom. The Morgan fingerprint density at radius 1 is 1.22 bits per heavy atom. The molecule has 1 aromatic carbocycles. The van der Waals surface area contributed by atoms with Crippen molar-refractivity contribution < 1.29 is 19.4 Å². The molecule has 0 aliphatic carbocycles. The Balaban J connectivity index is 1.54. The van der Waals surface area contributed by atoms with E-state index >= 15 is 0 Å². The Hall–Kier alpha value is -2.38. The molecule has 0 bridgehead atoms. The van der Waals surface area contributed by atoms with E-state index in [1.807, 2.05) is 19.9 Å². The van der Waals surface area contributed by atoms with Gasteiger partial charge in [0.05, 0.1) is 23.5 Å². The molecular weight excluding hydrogens is 406 g/mol. The average Bonchev–Trinajstić information content (AvgIpc) is 3.10. The molecule has 0 spiro atoms. The summed E-state index contributed by atoms with van der Waals surface area (Å²) in [5, 5.41) is 13.2. The van der Waals surface area contributed by atoms with Crippen LogP contribution >= 0.6 is 0 Å². The highest BCUT2D eigenvalue weighted by Crippen LogP contribution is 2.37. The summed E-state index contributed by atoms with van der Waals surface area (Å²) in [6.07, 6.45) is 0.764. The van der Waals surface area contributed by atoms with Gasteiger partial charge in [0.1, 0.15) is 6.10 Å². The van der Waals surface area contributed by atoms with E-state index in [1.165, 1.54) is 0 Å². The summed E-state index contributed by atoms with van der Waals surface area (Å²) in [6.45, 7) is 12.4. The first kappa shape index (κ1) is 22.8. The quantitative estimate of drug-likeness (QED) is 0.698. The van der Waals surface area contributed by atoms with Gasteiger partial charge >= 0.3 is 6.09 Å². The largest absolute Gasteiger partial charge is 0.465 e. The lowest BCUT2D eigenvalue weighted by Crippen LogP contribution is -2.51. The van der Waals surface area contributed by atoms with Crippen molar-refractivity contribution in [3.05, 3.63) is 36.0 Å². The molecule has 7 heteroatoms. The highest BCUT2D eigenvalue weighted by molar-refractivity contribution is 5.91. The number of hydrogen-bond donors (Lipinski definition) is 2. The molecule has 2 saturated heterocycles. The number of rotatable bonds is 4. The zero-order chi connectivity index (χ0) is 23.1. The highest BCUT2D eigenvalue weighted by Gasteiger charge is 2.36. The van der Waals surface area contributed by atoms with Crippen LogP contribution in [0, 0.1) is 11.3 Å². The van der Waals surface area contributed by atoms with Crippen LogP contribution in [0.5, 0.6) is 0 Å². The van der Waals surface area contributed by atoms with Crippen LogP contribution in [0.15, 0.2) is 30.3 Å². The molecule has 1 aromatic heterocycles. The van der Waals surface area contributed by atoms with Gasteiger partial charge in [0.15, 0.2) is 5.79 Å². The lowest BCUT2D eigenvalue weighted by molar-refractivity contribution is -0.139. The number of carboxylic acid groups (broad SMARTS) is 1. The van der Waals surface area contributed by atoms with Crippen molar-refractivity contribution >= 4 is 22.7 Å². The van der Waals surface area contributed by atoms with Crippen LogP contribution in [-0.4, -0.2) is 47.7 Å². The average molecular weight is 442 g/mol. The summed E-state index contributed by atoms with van der Waals surface area (Å²) in [6, 6.07) is 10.4. The Labute approximate surface area is 190 Å². The SMILES string of the molecule is CC1(C)OCC(c2ccc3cccc(N4CCC(C(NC(=O)O)C(C)(C)C)CC4)c3n2)O1. The first-order valence-corrected chi connectivity index (χ1v) is 11.5. The highest BCUT2D eigenvalue weighted by atomic mass is 16.7. The molecule has 174 valence electrons. The van der Waals surface area contributed by atoms with E-state index in [0.29, 0.717) is 12.5 Å². The number of ether oxygens (including phenoxy) is 2. The molecule has 0 saturated carbocycles. The number of para-hydroxylation sites is 1. The fourth-order valence-corrected chi connectivity index (χ4v) is 5.06.